The minimum atomic E-state index is -0.472. The van der Waals surface area contributed by atoms with Crippen LogP contribution in [0.15, 0.2) is 52.9 Å². The number of hydrogen-bond acceptors (Lipinski definition) is 6. The van der Waals surface area contributed by atoms with Crippen LogP contribution in [0.4, 0.5) is 5.69 Å². The number of hydrogen-bond donors (Lipinski definition) is 1. The number of ether oxygens (including phenoxy) is 2. The third-order valence-corrected chi connectivity index (χ3v) is 3.49. The largest absolute Gasteiger partial charge is 0.454 e. The number of rotatable bonds is 4. The summed E-state index contributed by atoms with van der Waals surface area (Å²) >= 11 is 0. The fourth-order valence-corrected chi connectivity index (χ4v) is 2.35. The molecule has 0 aliphatic carbocycles. The first-order valence-corrected chi connectivity index (χ1v) is 7.35. The summed E-state index contributed by atoms with van der Waals surface area (Å²) in [5.74, 6) is 1.07. The van der Waals surface area contributed by atoms with E-state index in [1.807, 2.05) is 30.3 Å². The Kier molecular flexibility index (Phi) is 3.59. The predicted octanol–water partition coefficient (Wildman–Crippen LogP) is 2.64. The van der Waals surface area contributed by atoms with Crippen molar-refractivity contribution in [1.82, 2.24) is 10.2 Å². The molecule has 7 heteroatoms. The highest BCUT2D eigenvalue weighted by atomic mass is 16.7. The van der Waals surface area contributed by atoms with Crippen LogP contribution in [0.5, 0.6) is 11.5 Å². The molecule has 0 unspecified atom stereocenters. The van der Waals surface area contributed by atoms with Crippen molar-refractivity contribution in [2.75, 3.05) is 12.1 Å². The van der Waals surface area contributed by atoms with Gasteiger partial charge in [0.2, 0.25) is 12.7 Å². The van der Waals surface area contributed by atoms with E-state index in [2.05, 4.69) is 15.5 Å². The molecule has 4 rings (SSSR count). The lowest BCUT2D eigenvalue weighted by Gasteiger charge is -2.03. The standard InChI is InChI=1S/C17H13N3O4/c21-16(18-12-6-7-13-14(9-12)23-10-22-13)17-20-19-15(24-17)8-11-4-2-1-3-5-11/h1-7,9H,8,10H2,(H,18,21). The first-order chi connectivity index (χ1) is 11.8. The highest BCUT2D eigenvalue weighted by Gasteiger charge is 2.18. The molecular formula is C17H13N3O4. The van der Waals surface area contributed by atoms with Gasteiger partial charge in [-0.2, -0.15) is 0 Å². The molecule has 1 aliphatic heterocycles. The van der Waals surface area contributed by atoms with E-state index in [0.717, 1.165) is 5.56 Å². The molecule has 0 atom stereocenters. The van der Waals surface area contributed by atoms with E-state index in [0.29, 0.717) is 29.5 Å². The first kappa shape index (κ1) is 14.3. The topological polar surface area (TPSA) is 86.5 Å². The third kappa shape index (κ3) is 2.91. The normalized spacial score (nSPS) is 12.2. The quantitative estimate of drug-likeness (QED) is 0.794. The van der Waals surface area contributed by atoms with Gasteiger partial charge in [-0.05, 0) is 17.7 Å². The van der Waals surface area contributed by atoms with E-state index in [-0.39, 0.29) is 12.7 Å². The average molecular weight is 323 g/mol. The molecule has 0 bridgehead atoms. The summed E-state index contributed by atoms with van der Waals surface area (Å²) in [6.45, 7) is 0.180. The molecule has 1 N–H and O–H groups in total. The number of carbonyl (C=O) groups is 1. The van der Waals surface area contributed by atoms with Crippen LogP contribution in [0.25, 0.3) is 0 Å². The summed E-state index contributed by atoms with van der Waals surface area (Å²) in [4.78, 5) is 12.2. The van der Waals surface area contributed by atoms with Crippen molar-refractivity contribution in [3.05, 3.63) is 65.9 Å². The Labute approximate surface area is 137 Å². The molecule has 2 aromatic carbocycles. The second-order valence-electron chi connectivity index (χ2n) is 5.19. The number of benzene rings is 2. The lowest BCUT2D eigenvalue weighted by atomic mass is 10.2. The second-order valence-corrected chi connectivity index (χ2v) is 5.19. The number of amides is 1. The molecule has 24 heavy (non-hydrogen) atoms. The van der Waals surface area contributed by atoms with Crippen LogP contribution in [0.2, 0.25) is 0 Å². The Morgan fingerprint density at radius 1 is 1.04 bits per heavy atom. The van der Waals surface area contributed by atoms with Crippen LogP contribution in [-0.2, 0) is 6.42 Å². The molecular weight excluding hydrogens is 310 g/mol. The smallest absolute Gasteiger partial charge is 0.313 e. The van der Waals surface area contributed by atoms with Crippen molar-refractivity contribution < 1.29 is 18.7 Å². The summed E-state index contributed by atoms with van der Waals surface area (Å²) in [7, 11) is 0. The van der Waals surface area contributed by atoms with E-state index in [1.165, 1.54) is 0 Å². The molecule has 0 fully saturated rings. The van der Waals surface area contributed by atoms with E-state index in [1.54, 1.807) is 18.2 Å². The van der Waals surface area contributed by atoms with Gasteiger partial charge in [0.1, 0.15) is 0 Å². The summed E-state index contributed by atoms with van der Waals surface area (Å²) in [5.41, 5.74) is 1.59. The number of fused-ring (bicyclic) bond motifs is 1. The van der Waals surface area contributed by atoms with Crippen LogP contribution in [-0.4, -0.2) is 22.9 Å². The van der Waals surface area contributed by atoms with Gasteiger partial charge in [0.15, 0.2) is 11.5 Å². The molecule has 3 aromatic rings. The van der Waals surface area contributed by atoms with Gasteiger partial charge in [0.05, 0.1) is 6.42 Å². The summed E-state index contributed by atoms with van der Waals surface area (Å²) in [6, 6.07) is 14.8. The number of anilines is 1. The van der Waals surface area contributed by atoms with E-state index >= 15 is 0 Å². The zero-order chi connectivity index (χ0) is 16.4. The molecule has 2 heterocycles. The SMILES string of the molecule is O=C(Nc1ccc2c(c1)OCO2)c1nnc(Cc2ccccc2)o1. The van der Waals surface area contributed by atoms with Crippen molar-refractivity contribution in [2.24, 2.45) is 0 Å². The van der Waals surface area contributed by atoms with Crippen molar-refractivity contribution in [3.8, 4) is 11.5 Å². The summed E-state index contributed by atoms with van der Waals surface area (Å²) in [6.07, 6.45) is 0.477. The van der Waals surface area contributed by atoms with Crippen LogP contribution in [0.1, 0.15) is 22.1 Å². The predicted molar refractivity (Wildman–Crippen MR) is 84.1 cm³/mol. The van der Waals surface area contributed by atoms with Gasteiger partial charge < -0.3 is 19.2 Å². The summed E-state index contributed by atoms with van der Waals surface area (Å²) < 4.78 is 15.9. The molecule has 0 saturated heterocycles. The lowest BCUT2D eigenvalue weighted by Crippen LogP contribution is -2.12. The maximum Gasteiger partial charge on any atom is 0.313 e. The van der Waals surface area contributed by atoms with Gasteiger partial charge in [-0.1, -0.05) is 30.3 Å². The molecule has 120 valence electrons. The monoisotopic (exact) mass is 323 g/mol. The summed E-state index contributed by atoms with van der Waals surface area (Å²) in [5, 5.41) is 10.4. The lowest BCUT2D eigenvalue weighted by molar-refractivity contribution is 0.0988. The van der Waals surface area contributed by atoms with Crippen molar-refractivity contribution in [1.29, 1.82) is 0 Å². The van der Waals surface area contributed by atoms with Crippen LogP contribution in [0.3, 0.4) is 0 Å². The molecule has 0 radical (unpaired) electrons. The molecule has 1 amide bonds. The van der Waals surface area contributed by atoms with Gasteiger partial charge in [-0.15, -0.1) is 10.2 Å². The Morgan fingerprint density at radius 2 is 1.88 bits per heavy atom. The Hall–Kier alpha value is -3.35. The van der Waals surface area contributed by atoms with Crippen LogP contribution in [0, 0.1) is 0 Å². The minimum Gasteiger partial charge on any atom is -0.454 e. The van der Waals surface area contributed by atoms with E-state index < -0.39 is 5.91 Å². The maximum atomic E-state index is 12.2. The Morgan fingerprint density at radius 3 is 2.75 bits per heavy atom. The number of nitrogens with one attached hydrogen (secondary N) is 1. The second kappa shape index (κ2) is 6.04. The fourth-order valence-electron chi connectivity index (χ4n) is 2.35. The molecule has 7 nitrogen and oxygen atoms in total. The number of aromatic nitrogens is 2. The molecule has 0 spiro atoms. The van der Waals surface area contributed by atoms with Crippen LogP contribution >= 0.6 is 0 Å². The van der Waals surface area contributed by atoms with Crippen LogP contribution < -0.4 is 14.8 Å². The van der Waals surface area contributed by atoms with Gasteiger partial charge >= 0.3 is 11.8 Å². The minimum absolute atomic E-state index is 0.0846. The van der Waals surface area contributed by atoms with E-state index in [9.17, 15) is 4.79 Å². The average Bonchev–Trinajstić information content (AvgIpc) is 3.24. The van der Waals surface area contributed by atoms with Gasteiger partial charge in [-0.3, -0.25) is 4.79 Å². The third-order valence-electron chi connectivity index (χ3n) is 3.49. The molecule has 1 aliphatic rings. The molecule has 1 aromatic heterocycles. The van der Waals surface area contributed by atoms with Crippen molar-refractivity contribution >= 4 is 11.6 Å². The highest BCUT2D eigenvalue weighted by molar-refractivity contribution is 6.01. The number of carbonyl (C=O) groups excluding carboxylic acids is 1. The van der Waals surface area contributed by atoms with Gasteiger partial charge in [0, 0.05) is 11.8 Å². The maximum absolute atomic E-state index is 12.2. The van der Waals surface area contributed by atoms with Crippen molar-refractivity contribution in [2.45, 2.75) is 6.42 Å². The zero-order valence-electron chi connectivity index (χ0n) is 12.6. The zero-order valence-corrected chi connectivity index (χ0v) is 12.6. The Balaban J connectivity index is 1.45. The van der Waals surface area contributed by atoms with Gasteiger partial charge in [-0.25, -0.2) is 0 Å². The van der Waals surface area contributed by atoms with E-state index in [4.69, 9.17) is 13.9 Å². The first-order valence-electron chi connectivity index (χ1n) is 7.35. The van der Waals surface area contributed by atoms with Crippen molar-refractivity contribution in [3.63, 3.8) is 0 Å². The highest BCUT2D eigenvalue weighted by Crippen LogP contribution is 2.34. The fraction of sp³-hybridized carbons (Fsp3) is 0.118. The van der Waals surface area contributed by atoms with Gasteiger partial charge in [0.25, 0.3) is 0 Å². The Bertz CT molecular complexity index is 877. The molecule has 0 saturated carbocycles. The number of nitrogens with zero attached hydrogens (tertiary/aromatic N) is 2.